The number of aryl methyl sites for hydroxylation is 1. The average Bonchev–Trinajstić information content (AvgIpc) is 2.77. The van der Waals surface area contributed by atoms with Gasteiger partial charge >= 0.3 is 5.97 Å². The van der Waals surface area contributed by atoms with Gasteiger partial charge in [-0.25, -0.2) is 9.48 Å². The Hall–Kier alpha value is -2.17. The SMILES string of the molecule is Cc1cc(-n2ccc(C(C)C)n2)c(C(=O)O)cn1. The Morgan fingerprint density at radius 3 is 2.72 bits per heavy atom. The monoisotopic (exact) mass is 245 g/mol. The van der Waals surface area contributed by atoms with Gasteiger partial charge in [-0.1, -0.05) is 13.8 Å². The fourth-order valence-electron chi connectivity index (χ4n) is 1.68. The van der Waals surface area contributed by atoms with E-state index in [2.05, 4.69) is 10.1 Å². The number of hydrogen-bond acceptors (Lipinski definition) is 3. The van der Waals surface area contributed by atoms with Crippen LogP contribution in [-0.4, -0.2) is 25.8 Å². The summed E-state index contributed by atoms with van der Waals surface area (Å²) in [6, 6.07) is 3.62. The summed E-state index contributed by atoms with van der Waals surface area (Å²) in [7, 11) is 0. The van der Waals surface area contributed by atoms with Crippen molar-refractivity contribution in [1.29, 1.82) is 0 Å². The van der Waals surface area contributed by atoms with Crippen LogP contribution in [0.2, 0.25) is 0 Å². The summed E-state index contributed by atoms with van der Waals surface area (Å²) in [5, 5.41) is 13.5. The van der Waals surface area contributed by atoms with Gasteiger partial charge in [0, 0.05) is 18.1 Å². The van der Waals surface area contributed by atoms with Crippen LogP contribution >= 0.6 is 0 Å². The van der Waals surface area contributed by atoms with E-state index in [1.54, 1.807) is 16.9 Å². The van der Waals surface area contributed by atoms with Gasteiger partial charge in [0.1, 0.15) is 5.56 Å². The molecule has 2 aromatic heterocycles. The van der Waals surface area contributed by atoms with Crippen molar-refractivity contribution in [3.63, 3.8) is 0 Å². The fraction of sp³-hybridized carbons (Fsp3) is 0.308. The lowest BCUT2D eigenvalue weighted by Crippen LogP contribution is -2.08. The lowest BCUT2D eigenvalue weighted by Gasteiger charge is -2.07. The van der Waals surface area contributed by atoms with E-state index in [1.165, 1.54) is 6.20 Å². The highest BCUT2D eigenvalue weighted by Crippen LogP contribution is 2.17. The van der Waals surface area contributed by atoms with Crippen LogP contribution in [-0.2, 0) is 0 Å². The van der Waals surface area contributed by atoms with E-state index in [-0.39, 0.29) is 5.56 Å². The molecule has 0 amide bonds. The average molecular weight is 245 g/mol. The van der Waals surface area contributed by atoms with Gasteiger partial charge in [-0.3, -0.25) is 4.98 Å². The van der Waals surface area contributed by atoms with Crippen LogP contribution in [0.5, 0.6) is 0 Å². The molecule has 5 heteroatoms. The number of rotatable bonds is 3. The molecule has 2 aromatic rings. The third-order valence-electron chi connectivity index (χ3n) is 2.70. The van der Waals surface area contributed by atoms with E-state index in [1.807, 2.05) is 26.8 Å². The third-order valence-corrected chi connectivity index (χ3v) is 2.70. The van der Waals surface area contributed by atoms with Gasteiger partial charge in [-0.2, -0.15) is 5.10 Å². The molecular formula is C13H15N3O2. The molecule has 0 spiro atoms. The summed E-state index contributed by atoms with van der Waals surface area (Å²) in [5.41, 5.74) is 2.39. The molecule has 0 atom stereocenters. The highest BCUT2D eigenvalue weighted by molar-refractivity contribution is 5.91. The minimum absolute atomic E-state index is 0.152. The Morgan fingerprint density at radius 2 is 2.17 bits per heavy atom. The predicted molar refractivity (Wildman–Crippen MR) is 67.1 cm³/mol. The second-order valence-electron chi connectivity index (χ2n) is 4.49. The molecule has 0 saturated heterocycles. The van der Waals surface area contributed by atoms with Crippen LogP contribution < -0.4 is 0 Å². The Bertz CT molecular complexity index is 588. The van der Waals surface area contributed by atoms with Crippen molar-refractivity contribution in [3.8, 4) is 5.69 Å². The fourth-order valence-corrected chi connectivity index (χ4v) is 1.68. The van der Waals surface area contributed by atoms with Gasteiger partial charge in [0.15, 0.2) is 0 Å². The molecule has 0 saturated carbocycles. The highest BCUT2D eigenvalue weighted by Gasteiger charge is 2.14. The van der Waals surface area contributed by atoms with Crippen molar-refractivity contribution in [2.45, 2.75) is 26.7 Å². The molecular weight excluding hydrogens is 230 g/mol. The molecule has 0 fully saturated rings. The molecule has 0 aromatic carbocycles. The summed E-state index contributed by atoms with van der Waals surface area (Å²) in [6.07, 6.45) is 3.14. The summed E-state index contributed by atoms with van der Waals surface area (Å²) in [6.45, 7) is 5.91. The molecule has 0 radical (unpaired) electrons. The van der Waals surface area contributed by atoms with E-state index >= 15 is 0 Å². The van der Waals surface area contributed by atoms with Crippen LogP contribution in [0, 0.1) is 6.92 Å². The second kappa shape index (κ2) is 4.60. The van der Waals surface area contributed by atoms with E-state index in [9.17, 15) is 4.79 Å². The Kier molecular flexibility index (Phi) is 3.14. The largest absolute Gasteiger partial charge is 0.478 e. The molecule has 5 nitrogen and oxygen atoms in total. The van der Waals surface area contributed by atoms with Gasteiger partial charge in [0.05, 0.1) is 11.4 Å². The van der Waals surface area contributed by atoms with E-state index in [0.717, 1.165) is 11.4 Å². The third kappa shape index (κ3) is 2.25. The van der Waals surface area contributed by atoms with Crippen molar-refractivity contribution in [2.75, 3.05) is 0 Å². The van der Waals surface area contributed by atoms with E-state index < -0.39 is 5.97 Å². The smallest absolute Gasteiger partial charge is 0.339 e. The molecule has 18 heavy (non-hydrogen) atoms. The maximum Gasteiger partial charge on any atom is 0.339 e. The van der Waals surface area contributed by atoms with E-state index in [0.29, 0.717) is 11.6 Å². The van der Waals surface area contributed by atoms with Crippen molar-refractivity contribution in [2.24, 2.45) is 0 Å². The number of carboxylic acids is 1. The first-order valence-corrected chi connectivity index (χ1v) is 5.75. The summed E-state index contributed by atoms with van der Waals surface area (Å²) in [4.78, 5) is 15.2. The van der Waals surface area contributed by atoms with Crippen molar-refractivity contribution >= 4 is 5.97 Å². The minimum atomic E-state index is -1.00. The molecule has 1 N–H and O–H groups in total. The molecule has 0 unspecified atom stereocenters. The molecule has 0 aliphatic carbocycles. The van der Waals surface area contributed by atoms with Gasteiger partial charge in [0.25, 0.3) is 0 Å². The minimum Gasteiger partial charge on any atom is -0.478 e. The predicted octanol–water partition coefficient (Wildman–Crippen LogP) is 2.40. The second-order valence-corrected chi connectivity index (χ2v) is 4.49. The molecule has 0 bridgehead atoms. The van der Waals surface area contributed by atoms with Crippen LogP contribution in [0.4, 0.5) is 0 Å². The zero-order valence-electron chi connectivity index (χ0n) is 10.6. The lowest BCUT2D eigenvalue weighted by molar-refractivity contribution is 0.0696. The zero-order chi connectivity index (χ0) is 13.3. The lowest BCUT2D eigenvalue weighted by atomic mass is 10.1. The van der Waals surface area contributed by atoms with Crippen LogP contribution in [0.1, 0.15) is 41.5 Å². The van der Waals surface area contributed by atoms with Crippen LogP contribution in [0.15, 0.2) is 24.5 Å². The van der Waals surface area contributed by atoms with Crippen molar-refractivity contribution < 1.29 is 9.90 Å². The molecule has 2 rings (SSSR count). The Balaban J connectivity index is 2.54. The molecule has 0 aliphatic rings. The quantitative estimate of drug-likeness (QED) is 0.901. The number of nitrogens with zero attached hydrogens (tertiary/aromatic N) is 3. The van der Waals surface area contributed by atoms with Crippen LogP contribution in [0.25, 0.3) is 5.69 Å². The number of aromatic carboxylic acids is 1. The number of hydrogen-bond donors (Lipinski definition) is 1. The maximum absolute atomic E-state index is 11.2. The van der Waals surface area contributed by atoms with E-state index in [4.69, 9.17) is 5.11 Å². The Labute approximate surface area is 105 Å². The first-order valence-electron chi connectivity index (χ1n) is 5.75. The summed E-state index contributed by atoms with van der Waals surface area (Å²) in [5.74, 6) is -0.693. The molecule has 2 heterocycles. The number of aromatic nitrogens is 3. The number of carboxylic acid groups (broad SMARTS) is 1. The first-order chi connectivity index (χ1) is 8.49. The summed E-state index contributed by atoms with van der Waals surface area (Å²) < 4.78 is 1.59. The summed E-state index contributed by atoms with van der Waals surface area (Å²) >= 11 is 0. The highest BCUT2D eigenvalue weighted by atomic mass is 16.4. The van der Waals surface area contributed by atoms with Gasteiger partial charge in [-0.15, -0.1) is 0 Å². The molecule has 0 aliphatic heterocycles. The van der Waals surface area contributed by atoms with Gasteiger partial charge < -0.3 is 5.11 Å². The standard InChI is InChI=1S/C13H15N3O2/c1-8(2)11-4-5-16(15-11)12-6-9(3)14-7-10(12)13(17)18/h4-8H,1-3H3,(H,17,18). The number of pyridine rings is 1. The maximum atomic E-state index is 11.2. The number of carbonyl (C=O) groups is 1. The normalized spacial score (nSPS) is 10.9. The first kappa shape index (κ1) is 12.3. The van der Waals surface area contributed by atoms with Crippen LogP contribution in [0.3, 0.4) is 0 Å². The Morgan fingerprint density at radius 1 is 1.44 bits per heavy atom. The van der Waals surface area contributed by atoms with Crippen molar-refractivity contribution in [1.82, 2.24) is 14.8 Å². The van der Waals surface area contributed by atoms with Crippen molar-refractivity contribution in [3.05, 3.63) is 41.5 Å². The topological polar surface area (TPSA) is 68.0 Å². The molecule has 94 valence electrons. The van der Waals surface area contributed by atoms with Gasteiger partial charge in [0.2, 0.25) is 0 Å². The van der Waals surface area contributed by atoms with Gasteiger partial charge in [-0.05, 0) is 25.0 Å². The zero-order valence-corrected chi connectivity index (χ0v) is 10.6.